The van der Waals surface area contributed by atoms with E-state index in [4.69, 9.17) is 5.73 Å². The maximum absolute atomic E-state index is 11.4. The van der Waals surface area contributed by atoms with Crippen molar-refractivity contribution in [2.45, 2.75) is 10.9 Å². The largest absolute Gasteiger partial charge is 4.00 e. The van der Waals surface area contributed by atoms with Gasteiger partial charge in [0, 0.05) is 28.1 Å². The molecule has 0 bridgehead atoms. The normalized spacial score (nSPS) is 10.5. The van der Waals surface area contributed by atoms with E-state index in [1.54, 1.807) is 12.4 Å². The number of aromatic nitrogens is 2. The molecule has 26 heavy (non-hydrogen) atoms. The van der Waals surface area contributed by atoms with Crippen LogP contribution in [0, 0.1) is 0 Å². The van der Waals surface area contributed by atoms with Gasteiger partial charge in [-0.3, -0.25) is 14.8 Å². The molecular formula is C16H18ClN5O2PtS. The van der Waals surface area contributed by atoms with Gasteiger partial charge in [-0.2, -0.15) is 0 Å². The summed E-state index contributed by atoms with van der Waals surface area (Å²) in [5, 5.41) is 1.98. The Morgan fingerprint density at radius 2 is 1.81 bits per heavy atom. The van der Waals surface area contributed by atoms with E-state index in [1.807, 2.05) is 30.3 Å². The van der Waals surface area contributed by atoms with Crippen molar-refractivity contribution >= 4 is 39.5 Å². The summed E-state index contributed by atoms with van der Waals surface area (Å²) < 4.78 is 4.60. The fourth-order valence-corrected chi connectivity index (χ4v) is 3.26. The van der Waals surface area contributed by atoms with Crippen molar-refractivity contribution in [1.29, 1.82) is 0 Å². The summed E-state index contributed by atoms with van der Waals surface area (Å²) in [6, 6.07) is 8.86. The third-order valence-corrected chi connectivity index (χ3v) is 4.46. The predicted octanol–water partition coefficient (Wildman–Crippen LogP) is 1.90. The number of nitrogens with one attached hydrogen (secondary N) is 1. The average Bonchev–Trinajstić information content (AvgIpc) is 2.58. The number of halogens is 1. The van der Waals surface area contributed by atoms with Crippen LogP contribution in [-0.4, -0.2) is 34.8 Å². The Balaban J connectivity index is 0. The second-order valence-electron chi connectivity index (χ2n) is 4.74. The Morgan fingerprint density at radius 1 is 1.19 bits per heavy atom. The zero-order valence-electron chi connectivity index (χ0n) is 13.8. The molecule has 0 radical (unpaired) electrons. The Hall–Kier alpha value is -1.28. The van der Waals surface area contributed by atoms with Crippen LogP contribution >= 0.6 is 11.8 Å². The standard InChI is InChI=1S/C16H14N3O2S.ClH.2H2N.Pt/c1-21-16(20)12(17)9-22-13-8-10-4-2-6-18-14(10)15-11(13)5-3-7-19-15;;;;/h2-8,12,17H,9H2,1H3;1H;2*1H2;/q-1;;2*-1;+4/p-1/t12-;;;;/m0..../s1. The third kappa shape index (κ3) is 5.61. The Kier molecular flexibility index (Phi) is 12.6. The molecule has 0 aliphatic heterocycles. The van der Waals surface area contributed by atoms with Crippen LogP contribution in [0.25, 0.3) is 39.8 Å². The molecule has 142 valence electrons. The molecule has 0 spiro atoms. The van der Waals surface area contributed by atoms with Gasteiger partial charge in [-0.25, -0.2) is 0 Å². The van der Waals surface area contributed by atoms with Crippen molar-refractivity contribution in [2.24, 2.45) is 0 Å². The number of fused-ring (bicyclic) bond motifs is 3. The molecule has 0 aliphatic rings. The topological polar surface area (TPSA) is 143 Å². The van der Waals surface area contributed by atoms with Gasteiger partial charge in [0.1, 0.15) is 0 Å². The molecule has 2 aromatic heterocycles. The minimum absolute atomic E-state index is 0. The molecule has 7 nitrogen and oxygen atoms in total. The number of esters is 1. The smallest absolute Gasteiger partial charge is 1.00 e. The van der Waals surface area contributed by atoms with Crippen LogP contribution in [-0.2, 0) is 30.6 Å². The van der Waals surface area contributed by atoms with Crippen molar-refractivity contribution in [3.05, 3.63) is 60.8 Å². The molecule has 10 heteroatoms. The number of benzene rings is 1. The number of carbonyl (C=O) groups excluding carboxylic acids is 1. The number of hydrogen-bond acceptors (Lipinski definition) is 5. The van der Waals surface area contributed by atoms with Crippen LogP contribution in [0.3, 0.4) is 0 Å². The number of methoxy groups -OCH3 is 1. The molecule has 5 N–H and O–H groups in total. The molecule has 0 saturated heterocycles. The van der Waals surface area contributed by atoms with Gasteiger partial charge in [0.05, 0.1) is 18.1 Å². The number of carbonyl (C=O) groups is 1. The van der Waals surface area contributed by atoms with Gasteiger partial charge >= 0.3 is 21.1 Å². The fourth-order valence-electron chi connectivity index (χ4n) is 2.25. The number of hydrogen-bond donors (Lipinski definition) is 0. The second kappa shape index (κ2) is 12.2. The van der Waals surface area contributed by atoms with E-state index in [9.17, 15) is 4.79 Å². The maximum Gasteiger partial charge on any atom is 4.00 e. The van der Waals surface area contributed by atoms with Crippen LogP contribution in [0.1, 0.15) is 0 Å². The van der Waals surface area contributed by atoms with Crippen LogP contribution < -0.4 is 12.4 Å². The molecule has 0 amide bonds. The van der Waals surface area contributed by atoms with Crippen LogP contribution in [0.15, 0.2) is 47.6 Å². The van der Waals surface area contributed by atoms with Crippen LogP contribution in [0.4, 0.5) is 0 Å². The zero-order chi connectivity index (χ0) is 15.5. The number of thioether (sulfide) groups is 1. The van der Waals surface area contributed by atoms with E-state index in [2.05, 4.69) is 14.7 Å². The van der Waals surface area contributed by atoms with E-state index >= 15 is 0 Å². The molecule has 3 aromatic rings. The Bertz CT molecular complexity index is 855. The van der Waals surface area contributed by atoms with E-state index < -0.39 is 12.0 Å². The molecule has 0 saturated carbocycles. The van der Waals surface area contributed by atoms with Gasteiger partial charge < -0.3 is 35.2 Å². The maximum atomic E-state index is 11.4. The number of pyridine rings is 2. The first kappa shape index (κ1) is 26.9. The first-order chi connectivity index (χ1) is 10.7. The van der Waals surface area contributed by atoms with Crippen LogP contribution in [0.5, 0.6) is 0 Å². The third-order valence-electron chi connectivity index (χ3n) is 3.31. The van der Waals surface area contributed by atoms with Crippen molar-refractivity contribution in [3.8, 4) is 0 Å². The van der Waals surface area contributed by atoms with Crippen molar-refractivity contribution in [3.63, 3.8) is 0 Å². The van der Waals surface area contributed by atoms with Crippen molar-refractivity contribution in [1.82, 2.24) is 9.97 Å². The number of nitrogens with two attached hydrogens (primary N) is 2. The minimum Gasteiger partial charge on any atom is -1.00 e. The zero-order valence-corrected chi connectivity index (χ0v) is 17.6. The molecule has 2 heterocycles. The summed E-state index contributed by atoms with van der Waals surface area (Å²) >= 11 is 1.46. The SMILES string of the molecule is COC(=O)[C@@H]([NH-])CSc1cc2cccnc2c2ncccc12.[Cl-].[NH2-].[NH2-].[Pt+4]. The summed E-state index contributed by atoms with van der Waals surface area (Å²) in [6.07, 6.45) is 3.49. The molecular weight excluding hydrogens is 557 g/mol. The summed E-state index contributed by atoms with van der Waals surface area (Å²) in [5.41, 5.74) is 9.47. The van der Waals surface area contributed by atoms with Gasteiger partial charge in [-0.15, -0.1) is 11.8 Å². The monoisotopic (exact) mass is 574 g/mol. The molecule has 0 aliphatic carbocycles. The minimum atomic E-state index is -0.897. The quantitative estimate of drug-likeness (QED) is 0.266. The molecule has 0 unspecified atom stereocenters. The average molecular weight is 575 g/mol. The Morgan fingerprint density at radius 3 is 2.46 bits per heavy atom. The Labute approximate surface area is 176 Å². The van der Waals surface area contributed by atoms with Gasteiger partial charge in [-0.05, 0) is 30.0 Å². The van der Waals surface area contributed by atoms with E-state index in [1.165, 1.54) is 18.9 Å². The van der Waals surface area contributed by atoms with Gasteiger partial charge in [0.25, 0.3) is 5.97 Å². The molecule has 1 atom stereocenters. The predicted molar refractivity (Wildman–Crippen MR) is 98.5 cm³/mol. The molecule has 3 rings (SSSR count). The molecule has 1 aromatic carbocycles. The fraction of sp³-hybridized carbons (Fsp3) is 0.188. The van der Waals surface area contributed by atoms with Crippen LogP contribution in [0.2, 0.25) is 0 Å². The first-order valence-corrected chi connectivity index (χ1v) is 7.73. The van der Waals surface area contributed by atoms with Crippen molar-refractivity contribution < 1.29 is 43.0 Å². The first-order valence-electron chi connectivity index (χ1n) is 6.75. The summed E-state index contributed by atoms with van der Waals surface area (Å²) in [7, 11) is 1.30. The van der Waals surface area contributed by atoms with E-state index in [-0.39, 0.29) is 45.8 Å². The second-order valence-corrected chi connectivity index (χ2v) is 5.80. The van der Waals surface area contributed by atoms with Gasteiger partial charge in [0.2, 0.25) is 0 Å². The van der Waals surface area contributed by atoms with Gasteiger partial charge in [-0.1, -0.05) is 12.1 Å². The van der Waals surface area contributed by atoms with E-state index in [0.29, 0.717) is 5.75 Å². The summed E-state index contributed by atoms with van der Waals surface area (Å²) in [5.74, 6) is -0.181. The number of nitrogens with zero attached hydrogens (tertiary/aromatic N) is 2. The van der Waals surface area contributed by atoms with Crippen molar-refractivity contribution in [2.75, 3.05) is 12.9 Å². The summed E-state index contributed by atoms with van der Waals surface area (Å²) in [6.45, 7) is 0. The number of ether oxygens (including phenoxy) is 1. The number of rotatable bonds is 4. The summed E-state index contributed by atoms with van der Waals surface area (Å²) in [4.78, 5) is 21.2. The van der Waals surface area contributed by atoms with Gasteiger partial charge in [0.15, 0.2) is 0 Å². The van der Waals surface area contributed by atoms with E-state index in [0.717, 1.165) is 26.7 Å². The molecule has 0 fully saturated rings.